The Bertz CT molecular complexity index is 331. The second kappa shape index (κ2) is 2.55. The summed E-state index contributed by atoms with van der Waals surface area (Å²) in [5.74, 6) is 0. The van der Waals surface area contributed by atoms with Crippen molar-refractivity contribution in [3.05, 3.63) is 29.8 Å². The first kappa shape index (κ1) is 9.17. The van der Waals surface area contributed by atoms with Gasteiger partial charge in [-0.05, 0) is 24.1 Å². The minimum atomic E-state index is -0.594. The number of anilines is 1. The minimum Gasteiger partial charge on any atom is -0.399 e. The third-order valence-electron chi connectivity index (χ3n) is 2.81. The van der Waals surface area contributed by atoms with Crippen molar-refractivity contribution in [2.45, 2.75) is 23.1 Å². The molecule has 1 nitrogen and oxygen atoms in total. The van der Waals surface area contributed by atoms with E-state index >= 15 is 0 Å². The smallest absolute Gasteiger partial charge is 0.128 e. The molecule has 0 saturated heterocycles. The molecule has 0 bridgehead atoms. The Kier molecular flexibility index (Phi) is 1.80. The SMILES string of the molecule is C[C@@]1(c2ccc(N)cc2)CC1(Cl)Cl. The van der Waals surface area contributed by atoms with Crippen molar-refractivity contribution < 1.29 is 0 Å². The molecule has 0 spiro atoms. The molecule has 0 unspecified atom stereocenters. The summed E-state index contributed by atoms with van der Waals surface area (Å²) in [5, 5.41) is 0. The summed E-state index contributed by atoms with van der Waals surface area (Å²) in [7, 11) is 0. The first-order valence-corrected chi connectivity index (χ1v) is 4.95. The second-order valence-electron chi connectivity index (χ2n) is 3.84. The Labute approximate surface area is 87.8 Å². The number of hydrogen-bond acceptors (Lipinski definition) is 1. The molecule has 0 aromatic heterocycles. The fourth-order valence-electron chi connectivity index (χ4n) is 1.56. The number of halogens is 2. The molecule has 1 aromatic rings. The second-order valence-corrected chi connectivity index (χ2v) is 5.32. The fraction of sp³-hybridized carbons (Fsp3) is 0.400. The van der Waals surface area contributed by atoms with Crippen LogP contribution in [0.2, 0.25) is 0 Å². The third-order valence-corrected chi connectivity index (χ3v) is 3.91. The van der Waals surface area contributed by atoms with E-state index in [0.29, 0.717) is 0 Å². The standard InChI is InChI=1S/C10H11Cl2N/c1-9(6-10(9,11)12)7-2-4-8(13)5-3-7/h2-5H,6,13H2,1H3/t9-/m0/s1. The van der Waals surface area contributed by atoms with Crippen LogP contribution in [0, 0.1) is 0 Å². The topological polar surface area (TPSA) is 26.0 Å². The average Bonchev–Trinajstić information content (AvgIpc) is 2.53. The van der Waals surface area contributed by atoms with E-state index in [2.05, 4.69) is 6.92 Å². The van der Waals surface area contributed by atoms with Gasteiger partial charge in [0.15, 0.2) is 0 Å². The minimum absolute atomic E-state index is 0.0934. The summed E-state index contributed by atoms with van der Waals surface area (Å²) < 4.78 is -0.594. The molecule has 2 N–H and O–H groups in total. The summed E-state index contributed by atoms with van der Waals surface area (Å²) in [6, 6.07) is 7.73. The zero-order valence-corrected chi connectivity index (χ0v) is 8.86. The van der Waals surface area contributed by atoms with E-state index in [-0.39, 0.29) is 5.41 Å². The number of alkyl halides is 2. The lowest BCUT2D eigenvalue weighted by Gasteiger charge is -2.12. The zero-order chi connectivity index (χ0) is 9.69. The molecule has 1 fully saturated rings. The molecule has 13 heavy (non-hydrogen) atoms. The maximum absolute atomic E-state index is 6.06. The largest absolute Gasteiger partial charge is 0.399 e. The Hall–Kier alpha value is -0.400. The van der Waals surface area contributed by atoms with Gasteiger partial charge in [0.2, 0.25) is 0 Å². The van der Waals surface area contributed by atoms with Crippen LogP contribution >= 0.6 is 23.2 Å². The Balaban J connectivity index is 2.34. The molecule has 0 heterocycles. The van der Waals surface area contributed by atoms with E-state index in [1.54, 1.807) is 0 Å². The van der Waals surface area contributed by atoms with E-state index in [1.807, 2.05) is 24.3 Å². The monoisotopic (exact) mass is 215 g/mol. The number of rotatable bonds is 1. The van der Waals surface area contributed by atoms with Crippen molar-refractivity contribution in [3.63, 3.8) is 0 Å². The molecule has 0 radical (unpaired) electrons. The van der Waals surface area contributed by atoms with Crippen molar-refractivity contribution in [2.75, 3.05) is 5.73 Å². The molecule has 0 amide bonds. The van der Waals surface area contributed by atoms with Gasteiger partial charge in [0.05, 0.1) is 0 Å². The predicted molar refractivity (Wildman–Crippen MR) is 57.3 cm³/mol. The van der Waals surface area contributed by atoms with E-state index in [4.69, 9.17) is 28.9 Å². The Morgan fingerprint density at radius 3 is 2.08 bits per heavy atom. The van der Waals surface area contributed by atoms with Crippen LogP contribution in [0.5, 0.6) is 0 Å². The number of benzene rings is 1. The maximum atomic E-state index is 6.06. The van der Waals surface area contributed by atoms with Gasteiger partial charge in [-0.1, -0.05) is 19.1 Å². The van der Waals surface area contributed by atoms with Gasteiger partial charge < -0.3 is 5.73 Å². The molecule has 1 atom stereocenters. The molecule has 1 aliphatic carbocycles. The number of nitrogen functional groups attached to an aromatic ring is 1. The summed E-state index contributed by atoms with van der Waals surface area (Å²) in [6.45, 7) is 2.07. The predicted octanol–water partition coefficient (Wildman–Crippen LogP) is 3.10. The molecule has 2 rings (SSSR count). The first-order chi connectivity index (χ1) is 5.96. The highest BCUT2D eigenvalue weighted by molar-refractivity contribution is 6.52. The van der Waals surface area contributed by atoms with Crippen molar-refractivity contribution in [2.24, 2.45) is 0 Å². The van der Waals surface area contributed by atoms with Gasteiger partial charge in [-0.3, -0.25) is 0 Å². The molecule has 1 aromatic carbocycles. The van der Waals surface area contributed by atoms with E-state index in [1.165, 1.54) is 0 Å². The molecule has 3 heteroatoms. The van der Waals surface area contributed by atoms with Gasteiger partial charge in [0.1, 0.15) is 4.33 Å². The van der Waals surface area contributed by atoms with Crippen LogP contribution in [0.1, 0.15) is 18.9 Å². The van der Waals surface area contributed by atoms with Gasteiger partial charge in [-0.2, -0.15) is 0 Å². The first-order valence-electron chi connectivity index (χ1n) is 4.20. The number of nitrogens with two attached hydrogens (primary N) is 1. The van der Waals surface area contributed by atoms with Crippen LogP contribution in [-0.4, -0.2) is 4.33 Å². The lowest BCUT2D eigenvalue weighted by atomic mass is 9.98. The van der Waals surface area contributed by atoms with E-state index in [0.717, 1.165) is 17.7 Å². The van der Waals surface area contributed by atoms with Crippen LogP contribution in [0.3, 0.4) is 0 Å². The zero-order valence-electron chi connectivity index (χ0n) is 7.35. The molecule has 1 saturated carbocycles. The molecule has 1 aliphatic rings. The fourth-order valence-corrected chi connectivity index (χ4v) is 2.32. The third kappa shape index (κ3) is 1.31. The van der Waals surface area contributed by atoms with Crippen LogP contribution in [0.25, 0.3) is 0 Å². The Morgan fingerprint density at radius 1 is 1.23 bits per heavy atom. The van der Waals surface area contributed by atoms with Crippen LogP contribution in [0.4, 0.5) is 5.69 Å². The molecular weight excluding hydrogens is 205 g/mol. The van der Waals surface area contributed by atoms with E-state index in [9.17, 15) is 0 Å². The molecule has 70 valence electrons. The van der Waals surface area contributed by atoms with Crippen molar-refractivity contribution >= 4 is 28.9 Å². The van der Waals surface area contributed by atoms with Gasteiger partial charge in [0, 0.05) is 11.1 Å². The van der Waals surface area contributed by atoms with Gasteiger partial charge in [0.25, 0.3) is 0 Å². The average molecular weight is 216 g/mol. The molecule has 0 aliphatic heterocycles. The highest BCUT2D eigenvalue weighted by Gasteiger charge is 2.63. The number of hydrogen-bond donors (Lipinski definition) is 1. The van der Waals surface area contributed by atoms with Gasteiger partial charge in [-0.15, -0.1) is 23.2 Å². The highest BCUT2D eigenvalue weighted by Crippen LogP contribution is 2.64. The van der Waals surface area contributed by atoms with E-state index < -0.39 is 4.33 Å². The van der Waals surface area contributed by atoms with Crippen molar-refractivity contribution in [1.82, 2.24) is 0 Å². The van der Waals surface area contributed by atoms with Gasteiger partial charge in [-0.25, -0.2) is 0 Å². The highest BCUT2D eigenvalue weighted by atomic mass is 35.5. The van der Waals surface area contributed by atoms with Crippen molar-refractivity contribution in [3.8, 4) is 0 Å². The lowest BCUT2D eigenvalue weighted by molar-refractivity contribution is 0.774. The summed E-state index contributed by atoms with van der Waals surface area (Å²) >= 11 is 12.1. The summed E-state index contributed by atoms with van der Waals surface area (Å²) in [6.07, 6.45) is 0.813. The molecular formula is C10H11Cl2N. The summed E-state index contributed by atoms with van der Waals surface area (Å²) in [5.41, 5.74) is 7.42. The Morgan fingerprint density at radius 2 is 1.69 bits per heavy atom. The normalized spacial score (nSPS) is 30.1. The summed E-state index contributed by atoms with van der Waals surface area (Å²) in [4.78, 5) is 0. The quantitative estimate of drug-likeness (QED) is 0.566. The van der Waals surface area contributed by atoms with Crippen LogP contribution in [0.15, 0.2) is 24.3 Å². The van der Waals surface area contributed by atoms with Crippen molar-refractivity contribution in [1.29, 1.82) is 0 Å². The van der Waals surface area contributed by atoms with Crippen LogP contribution < -0.4 is 5.73 Å². The maximum Gasteiger partial charge on any atom is 0.128 e. The lowest BCUT2D eigenvalue weighted by Crippen LogP contribution is -2.09. The van der Waals surface area contributed by atoms with Gasteiger partial charge >= 0.3 is 0 Å². The van der Waals surface area contributed by atoms with Crippen LogP contribution in [-0.2, 0) is 5.41 Å².